The van der Waals surface area contributed by atoms with Crippen molar-refractivity contribution in [3.8, 4) is 0 Å². The molecule has 0 spiro atoms. The maximum absolute atomic E-state index is 14.4. The van der Waals surface area contributed by atoms with Gasteiger partial charge in [-0.2, -0.15) is 0 Å². The van der Waals surface area contributed by atoms with Crippen LogP contribution >= 0.6 is 0 Å². The van der Waals surface area contributed by atoms with Crippen molar-refractivity contribution in [1.82, 2.24) is 15.1 Å². The van der Waals surface area contributed by atoms with Gasteiger partial charge in [0.25, 0.3) is 5.91 Å². The minimum atomic E-state index is -0.435. The number of benzene rings is 1. The maximum Gasteiger partial charge on any atom is 0.257 e. The Balaban J connectivity index is 1.59. The van der Waals surface area contributed by atoms with Gasteiger partial charge in [0.05, 0.1) is 5.56 Å². The zero-order valence-electron chi connectivity index (χ0n) is 16.8. The fourth-order valence-corrected chi connectivity index (χ4v) is 5.66. The molecule has 28 heavy (non-hydrogen) atoms. The third-order valence-electron chi connectivity index (χ3n) is 6.90. The van der Waals surface area contributed by atoms with Crippen LogP contribution in [0.15, 0.2) is 18.2 Å². The minimum absolute atomic E-state index is 0.0126. The van der Waals surface area contributed by atoms with E-state index < -0.39 is 5.82 Å². The first kappa shape index (κ1) is 19.4. The molecule has 2 amide bonds. The van der Waals surface area contributed by atoms with Crippen LogP contribution in [0.5, 0.6) is 0 Å². The summed E-state index contributed by atoms with van der Waals surface area (Å²) in [5.74, 6) is 0.115. The number of nitrogens with zero attached hydrogens (tertiary/aromatic N) is 2. The molecule has 0 saturated carbocycles. The molecule has 3 heterocycles. The molecular formula is C22H30FN3O2. The van der Waals surface area contributed by atoms with E-state index in [1.54, 1.807) is 26.0 Å². The molecule has 1 aromatic rings. The van der Waals surface area contributed by atoms with Crippen LogP contribution in [-0.4, -0.2) is 59.9 Å². The number of hydrogen-bond acceptors (Lipinski definition) is 3. The molecule has 2 bridgehead atoms. The molecule has 3 aliphatic rings. The molecule has 0 aliphatic carbocycles. The zero-order valence-corrected chi connectivity index (χ0v) is 16.8. The summed E-state index contributed by atoms with van der Waals surface area (Å²) in [6, 6.07) is 5.52. The number of piperidine rings is 3. The summed E-state index contributed by atoms with van der Waals surface area (Å²) in [6.45, 7) is 6.39. The predicted molar refractivity (Wildman–Crippen MR) is 105 cm³/mol. The molecule has 1 N–H and O–H groups in total. The van der Waals surface area contributed by atoms with Gasteiger partial charge in [0, 0.05) is 38.6 Å². The Morgan fingerprint density at radius 2 is 2.00 bits per heavy atom. The molecule has 5 nitrogen and oxygen atoms in total. The number of carbonyl (C=O) groups is 2. The summed E-state index contributed by atoms with van der Waals surface area (Å²) in [5.41, 5.74) is 0.899. The Bertz CT molecular complexity index is 748. The van der Waals surface area contributed by atoms with Gasteiger partial charge in [-0.05, 0) is 56.2 Å². The Labute approximate surface area is 166 Å². The van der Waals surface area contributed by atoms with Crippen molar-refractivity contribution in [2.24, 2.45) is 11.8 Å². The largest absolute Gasteiger partial charge is 0.355 e. The number of rotatable bonds is 3. The van der Waals surface area contributed by atoms with E-state index in [2.05, 4.69) is 10.2 Å². The first-order valence-corrected chi connectivity index (χ1v) is 10.5. The van der Waals surface area contributed by atoms with Gasteiger partial charge in [-0.3, -0.25) is 14.5 Å². The molecule has 3 aliphatic heterocycles. The minimum Gasteiger partial charge on any atom is -0.355 e. The van der Waals surface area contributed by atoms with Gasteiger partial charge in [-0.1, -0.05) is 18.6 Å². The van der Waals surface area contributed by atoms with E-state index in [1.165, 1.54) is 18.9 Å². The van der Waals surface area contributed by atoms with Crippen molar-refractivity contribution < 1.29 is 14.0 Å². The van der Waals surface area contributed by atoms with Crippen molar-refractivity contribution >= 4 is 11.8 Å². The molecule has 4 rings (SSSR count). The number of likely N-dealkylation sites (tertiary alicyclic amines) is 1. The molecule has 0 radical (unpaired) electrons. The Kier molecular flexibility index (Phi) is 5.41. The highest BCUT2D eigenvalue weighted by Crippen LogP contribution is 2.41. The molecule has 0 aromatic heterocycles. The van der Waals surface area contributed by atoms with Gasteiger partial charge < -0.3 is 10.2 Å². The van der Waals surface area contributed by atoms with E-state index in [1.807, 2.05) is 4.90 Å². The average Bonchev–Trinajstić information content (AvgIpc) is 2.67. The van der Waals surface area contributed by atoms with Gasteiger partial charge >= 0.3 is 0 Å². The van der Waals surface area contributed by atoms with Crippen LogP contribution < -0.4 is 5.32 Å². The van der Waals surface area contributed by atoms with E-state index in [4.69, 9.17) is 0 Å². The van der Waals surface area contributed by atoms with Gasteiger partial charge in [0.1, 0.15) is 5.82 Å². The van der Waals surface area contributed by atoms with Crippen LogP contribution in [0, 0.1) is 24.6 Å². The van der Waals surface area contributed by atoms with Crippen LogP contribution in [0.1, 0.15) is 48.5 Å². The lowest BCUT2D eigenvalue weighted by Crippen LogP contribution is -2.66. The van der Waals surface area contributed by atoms with E-state index >= 15 is 0 Å². The summed E-state index contributed by atoms with van der Waals surface area (Å²) < 4.78 is 14.4. The summed E-state index contributed by atoms with van der Waals surface area (Å²) in [5, 5.41) is 3.00. The van der Waals surface area contributed by atoms with Gasteiger partial charge in [0.15, 0.2) is 0 Å². The van der Waals surface area contributed by atoms with E-state index in [9.17, 15) is 14.0 Å². The molecular weight excluding hydrogens is 357 g/mol. The number of hydrogen-bond donors (Lipinski definition) is 1. The van der Waals surface area contributed by atoms with Gasteiger partial charge in [-0.15, -0.1) is 0 Å². The molecule has 4 atom stereocenters. The van der Waals surface area contributed by atoms with Crippen molar-refractivity contribution in [1.29, 1.82) is 0 Å². The van der Waals surface area contributed by atoms with E-state index in [0.29, 0.717) is 43.1 Å². The predicted octanol–water partition coefficient (Wildman–Crippen LogP) is 2.59. The van der Waals surface area contributed by atoms with Crippen molar-refractivity contribution in [3.05, 3.63) is 35.1 Å². The lowest BCUT2D eigenvalue weighted by molar-refractivity contribution is -0.120. The highest BCUT2D eigenvalue weighted by Gasteiger charge is 2.48. The third-order valence-corrected chi connectivity index (χ3v) is 6.90. The quantitative estimate of drug-likeness (QED) is 0.867. The second-order valence-electron chi connectivity index (χ2n) is 8.70. The van der Waals surface area contributed by atoms with Gasteiger partial charge in [-0.25, -0.2) is 4.39 Å². The fraction of sp³-hybridized carbons (Fsp3) is 0.636. The van der Waals surface area contributed by atoms with Crippen LogP contribution in [0.2, 0.25) is 0 Å². The first-order chi connectivity index (χ1) is 13.5. The van der Waals surface area contributed by atoms with Crippen molar-refractivity contribution in [2.75, 3.05) is 26.2 Å². The molecule has 152 valence electrons. The number of fused-ring (bicyclic) bond motifs is 4. The second-order valence-corrected chi connectivity index (χ2v) is 8.70. The fourth-order valence-electron chi connectivity index (χ4n) is 5.66. The molecule has 3 saturated heterocycles. The number of amides is 2. The Morgan fingerprint density at radius 3 is 2.75 bits per heavy atom. The normalized spacial score (nSPS) is 29.9. The standard InChI is InChI=1S/C22H30FN3O2/c1-14-6-5-7-18(23)21(14)22(28)25-12-16-10-17(13-25)20(11-24-15(2)27)26-9-4-3-8-19(16)26/h5-7,16-17,19-20H,3-4,8-13H2,1-2H3,(H,24,27)/t16-,17+,19+,20+/m1/s1. The smallest absolute Gasteiger partial charge is 0.257 e. The highest BCUT2D eigenvalue weighted by atomic mass is 19.1. The molecule has 6 heteroatoms. The Morgan fingerprint density at radius 1 is 1.21 bits per heavy atom. The van der Waals surface area contributed by atoms with Crippen LogP contribution in [0.4, 0.5) is 4.39 Å². The molecule has 0 unspecified atom stereocenters. The maximum atomic E-state index is 14.4. The Hall–Kier alpha value is -1.95. The third kappa shape index (κ3) is 3.54. The monoisotopic (exact) mass is 387 g/mol. The summed E-state index contributed by atoms with van der Waals surface area (Å²) >= 11 is 0. The van der Waals surface area contributed by atoms with Crippen LogP contribution in [0.25, 0.3) is 0 Å². The van der Waals surface area contributed by atoms with Gasteiger partial charge in [0.2, 0.25) is 5.91 Å². The molecule has 1 aromatic carbocycles. The molecule has 3 fully saturated rings. The van der Waals surface area contributed by atoms with Crippen LogP contribution in [-0.2, 0) is 4.79 Å². The van der Waals surface area contributed by atoms with Crippen LogP contribution in [0.3, 0.4) is 0 Å². The summed E-state index contributed by atoms with van der Waals surface area (Å²) in [6.07, 6.45) is 4.65. The lowest BCUT2D eigenvalue weighted by atomic mass is 9.72. The highest BCUT2D eigenvalue weighted by molar-refractivity contribution is 5.96. The first-order valence-electron chi connectivity index (χ1n) is 10.5. The summed E-state index contributed by atoms with van der Waals surface area (Å²) in [7, 11) is 0. The van der Waals surface area contributed by atoms with Crippen molar-refractivity contribution in [3.63, 3.8) is 0 Å². The lowest BCUT2D eigenvalue weighted by Gasteiger charge is -2.56. The SMILES string of the molecule is CC(=O)NC[C@H]1[C@H]2C[C@H](CN(C(=O)c3c(C)cccc3F)C2)[C@@H]2CCCCN21. The topological polar surface area (TPSA) is 52.7 Å². The average molecular weight is 387 g/mol. The number of carbonyl (C=O) groups excluding carboxylic acids is 2. The number of nitrogens with one attached hydrogen (secondary N) is 1. The second kappa shape index (κ2) is 7.82. The van der Waals surface area contributed by atoms with Crippen molar-refractivity contribution in [2.45, 2.75) is 51.6 Å². The number of aryl methyl sites for hydroxylation is 1. The van der Waals surface area contributed by atoms with E-state index in [0.717, 1.165) is 19.4 Å². The summed E-state index contributed by atoms with van der Waals surface area (Å²) in [4.78, 5) is 29.2. The van der Waals surface area contributed by atoms with E-state index in [-0.39, 0.29) is 23.4 Å². The number of halogens is 1. The zero-order chi connectivity index (χ0) is 19.8.